The maximum Gasteiger partial charge on any atom is 0.416 e. The Morgan fingerprint density at radius 2 is 2.07 bits per heavy atom. The molecule has 0 unspecified atom stereocenters. The van der Waals surface area contributed by atoms with Gasteiger partial charge in [-0.2, -0.15) is 13.2 Å². The molecule has 2 aromatic heterocycles. The van der Waals surface area contributed by atoms with E-state index in [0.29, 0.717) is 13.0 Å². The van der Waals surface area contributed by atoms with Crippen molar-refractivity contribution < 1.29 is 18.0 Å². The minimum Gasteiger partial charge on any atom is -0.352 e. The number of amides is 1. The average Bonchev–Trinajstić information content (AvgIpc) is 3.02. The maximum absolute atomic E-state index is 12.7. The lowest BCUT2D eigenvalue weighted by Gasteiger charge is -2.08. The number of nitrogens with one attached hydrogen (secondary N) is 1. The van der Waals surface area contributed by atoms with Gasteiger partial charge in [-0.1, -0.05) is 17.7 Å². The topological polar surface area (TPSA) is 46.4 Å². The fraction of sp³-hybridized carbons (Fsp3) is 0.158. The van der Waals surface area contributed by atoms with Crippen LogP contribution in [0.1, 0.15) is 16.8 Å². The third-order valence-corrected chi connectivity index (χ3v) is 4.18. The van der Waals surface area contributed by atoms with Crippen molar-refractivity contribution in [2.75, 3.05) is 6.54 Å². The van der Waals surface area contributed by atoms with Gasteiger partial charge in [0.1, 0.15) is 5.65 Å². The summed E-state index contributed by atoms with van der Waals surface area (Å²) in [5, 5.41) is 2.81. The van der Waals surface area contributed by atoms with Crippen LogP contribution >= 0.6 is 11.6 Å². The van der Waals surface area contributed by atoms with Crippen molar-refractivity contribution in [1.82, 2.24) is 14.7 Å². The second-order valence-electron chi connectivity index (χ2n) is 5.81. The van der Waals surface area contributed by atoms with E-state index in [-0.39, 0.29) is 10.6 Å². The molecule has 0 aliphatic heterocycles. The number of hydrogen-bond acceptors (Lipinski definition) is 2. The number of fused-ring (bicyclic) bond motifs is 1. The van der Waals surface area contributed by atoms with Gasteiger partial charge in [-0.05, 0) is 42.0 Å². The van der Waals surface area contributed by atoms with Gasteiger partial charge < -0.3 is 9.72 Å². The summed E-state index contributed by atoms with van der Waals surface area (Å²) in [5.74, 6) is -0.424. The van der Waals surface area contributed by atoms with Gasteiger partial charge in [-0.25, -0.2) is 4.98 Å². The highest BCUT2D eigenvalue weighted by molar-refractivity contribution is 6.32. The zero-order valence-corrected chi connectivity index (χ0v) is 14.8. The number of alkyl halides is 3. The number of rotatable bonds is 5. The normalized spacial score (nSPS) is 12.0. The Morgan fingerprint density at radius 3 is 2.81 bits per heavy atom. The Kier molecular flexibility index (Phi) is 5.51. The molecule has 8 heteroatoms. The number of carbonyl (C=O) groups is 1. The third-order valence-electron chi connectivity index (χ3n) is 3.83. The second kappa shape index (κ2) is 7.84. The van der Waals surface area contributed by atoms with Crippen molar-refractivity contribution in [3.8, 4) is 0 Å². The Morgan fingerprint density at radius 1 is 1.26 bits per heavy atom. The van der Waals surface area contributed by atoms with E-state index in [1.54, 1.807) is 0 Å². The molecule has 3 rings (SSSR count). The van der Waals surface area contributed by atoms with E-state index >= 15 is 0 Å². The molecule has 4 nitrogen and oxygen atoms in total. The molecule has 0 bridgehead atoms. The van der Waals surface area contributed by atoms with Crippen LogP contribution in [-0.4, -0.2) is 21.8 Å². The van der Waals surface area contributed by atoms with Gasteiger partial charge in [0.2, 0.25) is 5.91 Å². The highest BCUT2D eigenvalue weighted by Gasteiger charge is 2.30. The van der Waals surface area contributed by atoms with E-state index in [9.17, 15) is 18.0 Å². The van der Waals surface area contributed by atoms with Crippen LogP contribution in [0.15, 0.2) is 54.9 Å². The van der Waals surface area contributed by atoms with Crippen molar-refractivity contribution in [2.24, 2.45) is 0 Å². The van der Waals surface area contributed by atoms with Gasteiger partial charge in [0.05, 0.1) is 11.3 Å². The van der Waals surface area contributed by atoms with Crippen LogP contribution in [-0.2, 0) is 17.4 Å². The Hall–Kier alpha value is -2.80. The van der Waals surface area contributed by atoms with Gasteiger partial charge in [0.25, 0.3) is 0 Å². The highest BCUT2D eigenvalue weighted by Crippen LogP contribution is 2.32. The molecule has 1 N–H and O–H groups in total. The monoisotopic (exact) mass is 393 g/mol. The fourth-order valence-corrected chi connectivity index (χ4v) is 2.67. The average molecular weight is 394 g/mol. The summed E-state index contributed by atoms with van der Waals surface area (Å²) in [7, 11) is 0. The zero-order valence-electron chi connectivity index (χ0n) is 14.0. The van der Waals surface area contributed by atoms with Crippen LogP contribution in [0, 0.1) is 0 Å². The first kappa shape index (κ1) is 19.0. The van der Waals surface area contributed by atoms with E-state index in [1.807, 2.05) is 35.0 Å². The molecule has 140 valence electrons. The van der Waals surface area contributed by atoms with Crippen LogP contribution in [0.4, 0.5) is 13.2 Å². The molecule has 0 fully saturated rings. The lowest BCUT2D eigenvalue weighted by Crippen LogP contribution is -2.23. The summed E-state index contributed by atoms with van der Waals surface area (Å²) in [6.07, 6.45) is 2.24. The molecule has 0 spiro atoms. The number of pyridine rings is 1. The summed E-state index contributed by atoms with van der Waals surface area (Å²) in [5.41, 5.74) is 0.949. The molecule has 2 heterocycles. The Balaban J connectivity index is 1.57. The fourth-order valence-electron chi connectivity index (χ4n) is 2.49. The number of hydrogen-bond donors (Lipinski definition) is 1. The molecule has 0 radical (unpaired) electrons. The molecule has 3 aromatic rings. The van der Waals surface area contributed by atoms with Crippen LogP contribution < -0.4 is 5.32 Å². The second-order valence-corrected chi connectivity index (χ2v) is 6.21. The predicted octanol–water partition coefficient (Wildman–Crippen LogP) is 4.38. The van der Waals surface area contributed by atoms with Crippen molar-refractivity contribution in [3.05, 3.63) is 76.7 Å². The van der Waals surface area contributed by atoms with Crippen LogP contribution in [0.25, 0.3) is 11.7 Å². The molecule has 1 aromatic carbocycles. The summed E-state index contributed by atoms with van der Waals surface area (Å²) in [6.45, 7) is 0.351. The minimum absolute atomic E-state index is 0.127. The van der Waals surface area contributed by atoms with Crippen molar-refractivity contribution in [2.45, 2.75) is 12.6 Å². The molecular formula is C19H15ClF3N3O. The highest BCUT2D eigenvalue weighted by atomic mass is 35.5. The predicted molar refractivity (Wildman–Crippen MR) is 97.4 cm³/mol. The molecule has 0 saturated heterocycles. The summed E-state index contributed by atoms with van der Waals surface area (Å²) in [4.78, 5) is 16.3. The Labute approximate surface area is 158 Å². The molecule has 0 saturated carbocycles. The number of benzene rings is 1. The van der Waals surface area contributed by atoms with Crippen LogP contribution in [0.2, 0.25) is 5.02 Å². The quantitative estimate of drug-likeness (QED) is 0.654. The smallest absolute Gasteiger partial charge is 0.352 e. The number of carbonyl (C=O) groups excluding carboxylic acids is 1. The third kappa shape index (κ3) is 4.89. The van der Waals surface area contributed by atoms with Crippen molar-refractivity contribution in [1.29, 1.82) is 0 Å². The van der Waals surface area contributed by atoms with Crippen LogP contribution in [0.3, 0.4) is 0 Å². The first-order valence-corrected chi connectivity index (χ1v) is 8.46. The Bertz CT molecular complexity index is 962. The van der Waals surface area contributed by atoms with Crippen molar-refractivity contribution in [3.63, 3.8) is 0 Å². The summed E-state index contributed by atoms with van der Waals surface area (Å²) < 4.78 is 40.1. The molecule has 0 aliphatic rings. The minimum atomic E-state index is -4.47. The molecule has 1 amide bonds. The first-order chi connectivity index (χ1) is 12.8. The lowest BCUT2D eigenvalue weighted by atomic mass is 10.1. The standard InChI is InChI=1S/C19H15ClF3N3O/c20-16-6-5-14(19(21,22)23)11-13(16)4-7-18(27)24-9-8-15-12-26-10-2-1-3-17(26)25-15/h1-7,10-12H,8-9H2,(H,24,27)/b7-4+. The van der Waals surface area contributed by atoms with Gasteiger partial charge >= 0.3 is 6.18 Å². The van der Waals surface area contributed by atoms with E-state index in [4.69, 9.17) is 11.6 Å². The van der Waals surface area contributed by atoms with E-state index in [1.165, 1.54) is 6.08 Å². The van der Waals surface area contributed by atoms with Gasteiger partial charge in [-0.15, -0.1) is 0 Å². The lowest BCUT2D eigenvalue weighted by molar-refractivity contribution is -0.137. The summed E-state index contributed by atoms with van der Waals surface area (Å²) in [6, 6.07) is 8.62. The number of halogens is 4. The van der Waals surface area contributed by atoms with Crippen molar-refractivity contribution >= 4 is 29.2 Å². The SMILES string of the molecule is O=C(/C=C/c1cc(C(F)(F)F)ccc1Cl)NCCc1cn2ccccc2n1. The van der Waals surface area contributed by atoms with Gasteiger partial charge in [0.15, 0.2) is 0 Å². The first-order valence-electron chi connectivity index (χ1n) is 8.08. The molecule has 0 aliphatic carbocycles. The van der Waals surface area contributed by atoms with Gasteiger partial charge in [-0.3, -0.25) is 4.79 Å². The molecule has 27 heavy (non-hydrogen) atoms. The largest absolute Gasteiger partial charge is 0.416 e. The number of imidazole rings is 1. The van der Waals surface area contributed by atoms with E-state index < -0.39 is 17.6 Å². The van der Waals surface area contributed by atoms with Crippen LogP contribution in [0.5, 0.6) is 0 Å². The zero-order chi connectivity index (χ0) is 19.4. The molecule has 0 atom stereocenters. The van der Waals surface area contributed by atoms with Gasteiger partial charge in [0, 0.05) is 36.5 Å². The van der Waals surface area contributed by atoms with E-state index in [0.717, 1.165) is 35.6 Å². The maximum atomic E-state index is 12.7. The van der Waals surface area contributed by atoms with E-state index in [2.05, 4.69) is 10.3 Å². The molecular weight excluding hydrogens is 379 g/mol. The number of aromatic nitrogens is 2. The summed E-state index contributed by atoms with van der Waals surface area (Å²) >= 11 is 5.89. The number of nitrogens with zero attached hydrogens (tertiary/aromatic N) is 2.